The van der Waals surface area contributed by atoms with E-state index in [1.165, 1.54) is 5.57 Å². The standard InChI is InChI=1S/C6H9.3CO.Ru/c1-5(2)6(3)4;3*1-2;/h1H,3H2,2,4H3;;;;. The molecule has 0 amide bonds. The molecule has 6 radical (unpaired) electrons. The van der Waals surface area contributed by atoms with E-state index in [4.69, 9.17) is 14.4 Å². The predicted molar refractivity (Wildman–Crippen MR) is 45.7 cm³/mol. The van der Waals surface area contributed by atoms with Gasteiger partial charge in [-0.05, 0) is 0 Å². The van der Waals surface area contributed by atoms with Crippen LogP contribution in [0.5, 0.6) is 0 Å². The Bertz CT molecular complexity index is 139. The van der Waals surface area contributed by atoms with E-state index in [1.54, 1.807) is 0 Å². The van der Waals surface area contributed by atoms with E-state index < -0.39 is 0 Å². The minimum atomic E-state index is 1.14. The Morgan fingerprint density at radius 3 is 1.31 bits per heavy atom. The fourth-order valence-electron chi connectivity index (χ4n) is 0.0871. The van der Waals surface area contributed by atoms with E-state index in [2.05, 4.69) is 45.2 Å². The maximum absolute atomic E-state index is 7.50. The van der Waals surface area contributed by atoms with Crippen molar-refractivity contribution in [2.45, 2.75) is 13.8 Å². The van der Waals surface area contributed by atoms with Crippen molar-refractivity contribution in [1.29, 1.82) is 0 Å². The fourth-order valence-corrected chi connectivity index (χ4v) is 0.515. The molecule has 0 aromatic rings. The second kappa shape index (κ2) is 30.4. The Morgan fingerprint density at radius 2 is 1.31 bits per heavy atom. The molecule has 0 aliphatic heterocycles. The largest absolute Gasteiger partial charge is 0.281 e. The second-order valence-corrected chi connectivity index (χ2v) is 2.07. The van der Waals surface area contributed by atoms with E-state index in [1.807, 2.05) is 18.5 Å². The van der Waals surface area contributed by atoms with Crippen molar-refractivity contribution in [1.82, 2.24) is 0 Å². The summed E-state index contributed by atoms with van der Waals surface area (Å²) in [7, 11) is 0. The summed E-state index contributed by atoms with van der Waals surface area (Å²) in [4.78, 5) is 22.5. The van der Waals surface area contributed by atoms with Crippen LogP contribution in [-0.4, -0.2) is 20.4 Å². The van der Waals surface area contributed by atoms with Crippen LogP contribution in [-0.2, 0) is 32.7 Å². The molecule has 0 fully saturated rings. The van der Waals surface area contributed by atoms with Crippen molar-refractivity contribution < 1.29 is 32.7 Å². The number of rotatable bonds is 1. The van der Waals surface area contributed by atoms with Gasteiger partial charge in [-0.3, -0.25) is 14.4 Å². The molecule has 0 N–H and O–H groups in total. The Labute approximate surface area is 89.6 Å². The Kier molecular flexibility index (Phi) is 53.2. The van der Waals surface area contributed by atoms with Crippen LogP contribution >= 0.6 is 0 Å². The maximum Gasteiger partial charge on any atom is 0.281 e. The van der Waals surface area contributed by atoms with Crippen LogP contribution in [0.15, 0.2) is 22.4 Å². The zero-order chi connectivity index (χ0) is 11.9. The molecule has 0 rings (SSSR count). The molecule has 4 heteroatoms. The molecule has 0 atom stereocenters. The van der Waals surface area contributed by atoms with Gasteiger partial charge in [0.25, 0.3) is 20.4 Å². The van der Waals surface area contributed by atoms with Crippen LogP contribution in [0.4, 0.5) is 0 Å². The molecule has 0 saturated carbocycles. The molecule has 13 heavy (non-hydrogen) atoms. The first kappa shape index (κ1) is 22.7. The zero-order valence-corrected chi connectivity index (χ0v) is 9.10. The van der Waals surface area contributed by atoms with Crippen LogP contribution in [0.3, 0.4) is 0 Å². The van der Waals surface area contributed by atoms with Crippen molar-refractivity contribution in [2.75, 3.05) is 0 Å². The summed E-state index contributed by atoms with van der Waals surface area (Å²) in [5.41, 5.74) is 2.38. The molecule has 71 valence electrons. The van der Waals surface area contributed by atoms with Gasteiger partial charge in [0.05, 0.1) is 0 Å². The third kappa shape index (κ3) is 35.3. The summed E-state index contributed by atoms with van der Waals surface area (Å²) >= 11 is 2.46. The van der Waals surface area contributed by atoms with Crippen molar-refractivity contribution in [3.8, 4) is 0 Å². The molecule has 0 aliphatic rings. The third-order valence-electron chi connectivity index (χ3n) is 0.826. The average molecular weight is 266 g/mol. The van der Waals surface area contributed by atoms with Gasteiger partial charge in [-0.2, -0.15) is 0 Å². The molecule has 3 nitrogen and oxygen atoms in total. The smallest absolute Gasteiger partial charge is 0.281 e. The normalized spacial score (nSPS) is 7.15. The van der Waals surface area contributed by atoms with Crippen LogP contribution in [0.25, 0.3) is 0 Å². The SMILES string of the molecule is C=C(C)C(C)=[CH][Ru].[C]=O.[C]=O.[C]=O. The summed E-state index contributed by atoms with van der Waals surface area (Å²) < 4.78 is 1.99. The first-order chi connectivity index (χ1) is 6.18. The first-order valence-electron chi connectivity index (χ1n) is 2.71. The van der Waals surface area contributed by atoms with Crippen molar-refractivity contribution >= 4 is 20.4 Å². The molecule has 0 saturated heterocycles. The molecule has 0 bridgehead atoms. The van der Waals surface area contributed by atoms with Crippen molar-refractivity contribution in [3.63, 3.8) is 0 Å². The Morgan fingerprint density at radius 1 is 1.08 bits per heavy atom. The third-order valence-corrected chi connectivity index (χ3v) is 1.58. The molecular formula is C9H9O3Ru. The van der Waals surface area contributed by atoms with Gasteiger partial charge in [0.1, 0.15) is 0 Å². The van der Waals surface area contributed by atoms with Gasteiger partial charge in [0.15, 0.2) is 0 Å². The van der Waals surface area contributed by atoms with Gasteiger partial charge in [0.2, 0.25) is 0 Å². The summed E-state index contributed by atoms with van der Waals surface area (Å²) in [5.74, 6) is 0. The van der Waals surface area contributed by atoms with Crippen molar-refractivity contribution in [3.05, 3.63) is 22.4 Å². The maximum atomic E-state index is 7.50. The Hall–Kier alpha value is -0.887. The van der Waals surface area contributed by atoms with E-state index in [0.717, 1.165) is 5.57 Å². The van der Waals surface area contributed by atoms with Gasteiger partial charge in [-0.15, -0.1) is 0 Å². The van der Waals surface area contributed by atoms with Gasteiger partial charge in [-0.25, -0.2) is 0 Å². The molecule has 0 heterocycles. The van der Waals surface area contributed by atoms with Gasteiger partial charge in [0, 0.05) is 0 Å². The zero-order valence-electron chi connectivity index (χ0n) is 7.36. The molecule has 0 unspecified atom stereocenters. The first-order valence-corrected chi connectivity index (χ1v) is 3.71. The fraction of sp³-hybridized carbons (Fsp3) is 0.222. The molecule has 0 aliphatic carbocycles. The van der Waals surface area contributed by atoms with Gasteiger partial charge in [-0.1, -0.05) is 0 Å². The molecule has 0 spiro atoms. The summed E-state index contributed by atoms with van der Waals surface area (Å²) in [6, 6.07) is 0. The topological polar surface area (TPSA) is 51.2 Å². The van der Waals surface area contributed by atoms with Crippen molar-refractivity contribution in [2.24, 2.45) is 0 Å². The summed E-state index contributed by atoms with van der Waals surface area (Å²) in [6.07, 6.45) is 0. The quantitative estimate of drug-likeness (QED) is 0.521. The minimum Gasteiger partial charge on any atom is -0.281 e. The summed E-state index contributed by atoms with van der Waals surface area (Å²) in [6.45, 7) is 21.3. The van der Waals surface area contributed by atoms with E-state index in [9.17, 15) is 0 Å². The second-order valence-electron chi connectivity index (χ2n) is 1.57. The number of allylic oxidation sites excluding steroid dienone is 2. The number of hydrogen-bond acceptors (Lipinski definition) is 3. The molecular weight excluding hydrogens is 257 g/mol. The van der Waals surface area contributed by atoms with E-state index >= 15 is 0 Å². The number of carbonyl (C=O) groups excluding carboxylic acids is 3. The average Bonchev–Trinajstić information content (AvgIpc) is 2.25. The van der Waals surface area contributed by atoms with Gasteiger partial charge >= 0.3 is 54.5 Å². The van der Waals surface area contributed by atoms with Gasteiger partial charge < -0.3 is 0 Å². The van der Waals surface area contributed by atoms with E-state index in [0.29, 0.717) is 0 Å². The minimum absolute atomic E-state index is 1.14. The number of hydrogen-bond donors (Lipinski definition) is 0. The molecule has 0 aromatic heterocycles. The Balaban J connectivity index is -0.0000000573. The van der Waals surface area contributed by atoms with Crippen LogP contribution in [0.1, 0.15) is 13.8 Å². The van der Waals surface area contributed by atoms with E-state index in [-0.39, 0.29) is 0 Å². The van der Waals surface area contributed by atoms with Crippen LogP contribution in [0, 0.1) is 0 Å². The predicted octanol–water partition coefficient (Wildman–Crippen LogP) is 0.822. The summed E-state index contributed by atoms with van der Waals surface area (Å²) in [5, 5.41) is 0. The monoisotopic (exact) mass is 267 g/mol. The molecule has 0 aromatic carbocycles. The van der Waals surface area contributed by atoms with Crippen LogP contribution in [0.2, 0.25) is 0 Å². The van der Waals surface area contributed by atoms with Crippen LogP contribution < -0.4 is 0 Å².